The van der Waals surface area contributed by atoms with Crippen LogP contribution in [0.1, 0.15) is 30.0 Å². The zero-order chi connectivity index (χ0) is 18.6. The van der Waals surface area contributed by atoms with Crippen LogP contribution in [0.4, 0.5) is 5.82 Å². The van der Waals surface area contributed by atoms with Crippen LogP contribution in [-0.4, -0.2) is 29.7 Å². The van der Waals surface area contributed by atoms with Crippen LogP contribution in [-0.2, 0) is 19.9 Å². The maximum Gasteiger partial charge on any atom is 0.163 e. The van der Waals surface area contributed by atoms with Crippen LogP contribution in [0, 0.1) is 0 Å². The summed E-state index contributed by atoms with van der Waals surface area (Å²) < 4.78 is 1.78. The zero-order valence-electron chi connectivity index (χ0n) is 15.4. The van der Waals surface area contributed by atoms with Gasteiger partial charge in [-0.1, -0.05) is 30.3 Å². The molecule has 0 bridgehead atoms. The van der Waals surface area contributed by atoms with Gasteiger partial charge in [0.1, 0.15) is 18.0 Å². The number of benzene rings is 1. The van der Waals surface area contributed by atoms with Gasteiger partial charge in [-0.3, -0.25) is 4.68 Å². The fourth-order valence-corrected chi connectivity index (χ4v) is 3.03. The molecule has 3 heterocycles. The smallest absolute Gasteiger partial charge is 0.163 e. The molecule has 1 N–H and O–H groups in total. The van der Waals surface area contributed by atoms with Gasteiger partial charge in [0.05, 0.1) is 23.3 Å². The molecule has 0 spiro atoms. The fraction of sp³-hybridized carbons (Fsp3) is 0.250. The summed E-state index contributed by atoms with van der Waals surface area (Å²) in [6, 6.07) is 12.3. The van der Waals surface area contributed by atoms with Gasteiger partial charge in [0, 0.05) is 19.7 Å². The van der Waals surface area contributed by atoms with Gasteiger partial charge in [-0.05, 0) is 25.0 Å². The molecule has 136 valence electrons. The van der Waals surface area contributed by atoms with E-state index in [1.807, 2.05) is 19.2 Å². The lowest BCUT2D eigenvalue weighted by molar-refractivity contribution is 0.773. The van der Waals surface area contributed by atoms with E-state index in [2.05, 4.69) is 51.6 Å². The Hall–Kier alpha value is -3.35. The number of nitrogens with zero attached hydrogens (tertiary/aromatic N) is 6. The maximum atomic E-state index is 4.78. The summed E-state index contributed by atoms with van der Waals surface area (Å²) in [5.41, 5.74) is 3.01. The molecule has 1 aromatic carbocycles. The molecule has 0 unspecified atom stereocenters. The number of fused-ring (bicyclic) bond motifs is 1. The minimum atomic E-state index is -0.00622. The van der Waals surface area contributed by atoms with E-state index in [1.54, 1.807) is 23.4 Å². The first kappa shape index (κ1) is 17.1. The molecule has 0 saturated heterocycles. The number of hydrogen-bond donors (Lipinski definition) is 1. The van der Waals surface area contributed by atoms with Crippen molar-refractivity contribution in [1.82, 2.24) is 29.7 Å². The second kappa shape index (κ2) is 7.49. The van der Waals surface area contributed by atoms with Crippen LogP contribution < -0.4 is 5.32 Å². The highest BCUT2D eigenvalue weighted by molar-refractivity contribution is 5.86. The number of aryl methyl sites for hydroxylation is 3. The first-order valence-corrected chi connectivity index (χ1v) is 8.95. The third-order valence-corrected chi connectivity index (χ3v) is 4.52. The minimum absolute atomic E-state index is 0.00622. The van der Waals surface area contributed by atoms with Crippen LogP contribution in [0.3, 0.4) is 0 Å². The average Bonchev–Trinajstić information content (AvgIpc) is 3.09. The molecule has 0 aliphatic heterocycles. The monoisotopic (exact) mass is 359 g/mol. The Balaban J connectivity index is 1.62. The molecule has 7 heteroatoms. The van der Waals surface area contributed by atoms with Crippen molar-refractivity contribution in [2.24, 2.45) is 7.05 Å². The van der Waals surface area contributed by atoms with Crippen molar-refractivity contribution in [3.8, 4) is 0 Å². The van der Waals surface area contributed by atoms with Crippen LogP contribution in [0.15, 0.2) is 55.1 Å². The van der Waals surface area contributed by atoms with Crippen molar-refractivity contribution in [2.45, 2.75) is 25.8 Å². The Morgan fingerprint density at radius 2 is 1.93 bits per heavy atom. The lowest BCUT2D eigenvalue weighted by Crippen LogP contribution is -2.12. The van der Waals surface area contributed by atoms with E-state index < -0.39 is 0 Å². The Morgan fingerprint density at radius 3 is 2.70 bits per heavy atom. The Kier molecular flexibility index (Phi) is 4.74. The molecule has 0 saturated carbocycles. The van der Waals surface area contributed by atoms with E-state index >= 15 is 0 Å². The van der Waals surface area contributed by atoms with Gasteiger partial charge in [-0.15, -0.1) is 0 Å². The Bertz CT molecular complexity index is 1030. The van der Waals surface area contributed by atoms with Gasteiger partial charge in [0.25, 0.3) is 0 Å². The minimum Gasteiger partial charge on any atom is -0.361 e. The van der Waals surface area contributed by atoms with Crippen LogP contribution in [0.5, 0.6) is 0 Å². The summed E-state index contributed by atoms with van der Waals surface area (Å²) in [4.78, 5) is 17.8. The molecule has 0 radical (unpaired) electrons. The van der Waals surface area contributed by atoms with Gasteiger partial charge in [0.2, 0.25) is 0 Å². The number of rotatable bonds is 6. The normalized spacial score (nSPS) is 12.2. The van der Waals surface area contributed by atoms with E-state index in [4.69, 9.17) is 9.97 Å². The van der Waals surface area contributed by atoms with Crippen molar-refractivity contribution in [3.05, 3.63) is 72.2 Å². The second-order valence-corrected chi connectivity index (χ2v) is 6.48. The van der Waals surface area contributed by atoms with Gasteiger partial charge >= 0.3 is 0 Å². The first-order chi connectivity index (χ1) is 13.2. The third-order valence-electron chi connectivity index (χ3n) is 4.52. The molecule has 0 aliphatic carbocycles. The maximum absolute atomic E-state index is 4.78. The molecule has 3 aromatic heterocycles. The molecular weight excluding hydrogens is 338 g/mol. The summed E-state index contributed by atoms with van der Waals surface area (Å²) in [5.74, 6) is 1.58. The topological polar surface area (TPSA) is 81.4 Å². The highest BCUT2D eigenvalue weighted by Crippen LogP contribution is 2.24. The van der Waals surface area contributed by atoms with Crippen LogP contribution in [0.2, 0.25) is 0 Å². The van der Waals surface area contributed by atoms with E-state index in [1.165, 1.54) is 5.56 Å². The SMILES string of the molecule is C[C@@H](Nc1nc(CCc2ccccc2)nc2c1cnn2C)c1ccncn1. The van der Waals surface area contributed by atoms with Crippen molar-refractivity contribution in [3.63, 3.8) is 0 Å². The fourth-order valence-electron chi connectivity index (χ4n) is 3.03. The van der Waals surface area contributed by atoms with Gasteiger partial charge in [-0.2, -0.15) is 5.10 Å². The molecule has 0 aliphatic rings. The van der Waals surface area contributed by atoms with Crippen molar-refractivity contribution in [2.75, 3.05) is 5.32 Å². The summed E-state index contributed by atoms with van der Waals surface area (Å²) in [7, 11) is 1.90. The summed E-state index contributed by atoms with van der Waals surface area (Å²) in [5, 5.41) is 8.71. The number of nitrogens with one attached hydrogen (secondary N) is 1. The first-order valence-electron chi connectivity index (χ1n) is 8.95. The van der Waals surface area contributed by atoms with E-state index in [-0.39, 0.29) is 6.04 Å². The van der Waals surface area contributed by atoms with Crippen molar-refractivity contribution < 1.29 is 0 Å². The number of hydrogen-bond acceptors (Lipinski definition) is 6. The quantitative estimate of drug-likeness (QED) is 0.570. The summed E-state index contributed by atoms with van der Waals surface area (Å²) in [6.07, 6.45) is 6.75. The van der Waals surface area contributed by atoms with E-state index in [0.717, 1.165) is 41.2 Å². The van der Waals surface area contributed by atoms with Gasteiger partial charge in [0.15, 0.2) is 5.65 Å². The summed E-state index contributed by atoms with van der Waals surface area (Å²) >= 11 is 0. The number of anilines is 1. The largest absolute Gasteiger partial charge is 0.361 e. The van der Waals surface area contributed by atoms with E-state index in [9.17, 15) is 0 Å². The molecule has 7 nitrogen and oxygen atoms in total. The standard InChI is InChI=1S/C20H21N7/c1-14(17-10-11-21-13-22-17)24-19-16-12-23-27(2)20(16)26-18(25-19)9-8-15-6-4-3-5-7-15/h3-7,10-14H,8-9H2,1-2H3,(H,24,25,26)/t14-/m1/s1. The van der Waals surface area contributed by atoms with Gasteiger partial charge < -0.3 is 5.32 Å². The van der Waals surface area contributed by atoms with Crippen LogP contribution >= 0.6 is 0 Å². The molecule has 4 aromatic rings. The Labute approximate surface area is 157 Å². The van der Waals surface area contributed by atoms with E-state index in [0.29, 0.717) is 0 Å². The molecule has 27 heavy (non-hydrogen) atoms. The molecular formula is C20H21N7. The number of aromatic nitrogens is 6. The molecule has 0 amide bonds. The van der Waals surface area contributed by atoms with Crippen molar-refractivity contribution in [1.29, 1.82) is 0 Å². The molecule has 0 fully saturated rings. The molecule has 4 rings (SSSR count). The van der Waals surface area contributed by atoms with Crippen LogP contribution in [0.25, 0.3) is 11.0 Å². The predicted molar refractivity (Wildman–Crippen MR) is 104 cm³/mol. The highest BCUT2D eigenvalue weighted by atomic mass is 15.3. The third kappa shape index (κ3) is 3.76. The average molecular weight is 359 g/mol. The lowest BCUT2D eigenvalue weighted by atomic mass is 10.1. The van der Waals surface area contributed by atoms with Crippen molar-refractivity contribution >= 4 is 16.9 Å². The predicted octanol–water partition coefficient (Wildman–Crippen LogP) is 3.11. The zero-order valence-corrected chi connectivity index (χ0v) is 15.4. The van der Waals surface area contributed by atoms with Gasteiger partial charge in [-0.25, -0.2) is 19.9 Å². The molecule has 1 atom stereocenters. The second-order valence-electron chi connectivity index (χ2n) is 6.48. The Morgan fingerprint density at radius 1 is 1.07 bits per heavy atom. The summed E-state index contributed by atoms with van der Waals surface area (Å²) in [6.45, 7) is 2.05. The lowest BCUT2D eigenvalue weighted by Gasteiger charge is -2.15. The highest BCUT2D eigenvalue weighted by Gasteiger charge is 2.15.